The summed E-state index contributed by atoms with van der Waals surface area (Å²) in [6.45, 7) is 2.35. The molecule has 0 heterocycles. The SMILES string of the molecule is CC1(N)CCCCC1C(=O)NCc1cccc(NC(N)=O)c1. The third-order valence-corrected chi connectivity index (χ3v) is 4.23. The molecule has 1 aromatic carbocycles. The minimum atomic E-state index is -0.609. The Kier molecular flexibility index (Phi) is 5.03. The van der Waals surface area contributed by atoms with E-state index < -0.39 is 11.6 Å². The molecule has 1 aromatic rings. The molecule has 1 aliphatic carbocycles. The van der Waals surface area contributed by atoms with Crippen LogP contribution in [0.1, 0.15) is 38.2 Å². The number of anilines is 1. The number of nitrogens with two attached hydrogens (primary N) is 2. The van der Waals surface area contributed by atoms with Crippen molar-refractivity contribution in [3.8, 4) is 0 Å². The minimum absolute atomic E-state index is 0.00189. The van der Waals surface area contributed by atoms with Gasteiger partial charge in [0.05, 0.1) is 5.92 Å². The lowest BCUT2D eigenvalue weighted by atomic mass is 9.74. The van der Waals surface area contributed by atoms with Crippen molar-refractivity contribution < 1.29 is 9.59 Å². The maximum Gasteiger partial charge on any atom is 0.316 e. The number of nitrogens with one attached hydrogen (secondary N) is 2. The molecule has 0 aromatic heterocycles. The molecule has 6 heteroatoms. The van der Waals surface area contributed by atoms with Crippen LogP contribution in [0.15, 0.2) is 24.3 Å². The van der Waals surface area contributed by atoms with Crippen LogP contribution in [0.3, 0.4) is 0 Å². The van der Waals surface area contributed by atoms with Crippen molar-refractivity contribution in [2.75, 3.05) is 5.32 Å². The Morgan fingerprint density at radius 3 is 2.82 bits per heavy atom. The van der Waals surface area contributed by atoms with E-state index in [4.69, 9.17) is 11.5 Å². The molecule has 22 heavy (non-hydrogen) atoms. The average Bonchev–Trinajstić information content (AvgIpc) is 2.44. The minimum Gasteiger partial charge on any atom is -0.352 e. The summed E-state index contributed by atoms with van der Waals surface area (Å²) in [4.78, 5) is 23.2. The van der Waals surface area contributed by atoms with Crippen molar-refractivity contribution in [2.24, 2.45) is 17.4 Å². The van der Waals surface area contributed by atoms with Gasteiger partial charge in [0.1, 0.15) is 0 Å². The first-order valence-electron chi connectivity index (χ1n) is 7.60. The van der Waals surface area contributed by atoms with E-state index in [0.29, 0.717) is 12.2 Å². The molecule has 6 N–H and O–H groups in total. The van der Waals surface area contributed by atoms with Crippen molar-refractivity contribution in [1.82, 2.24) is 5.32 Å². The van der Waals surface area contributed by atoms with Gasteiger partial charge >= 0.3 is 6.03 Å². The number of hydrogen-bond acceptors (Lipinski definition) is 3. The smallest absolute Gasteiger partial charge is 0.316 e. The molecule has 0 radical (unpaired) electrons. The normalized spacial score (nSPS) is 24.5. The van der Waals surface area contributed by atoms with E-state index in [1.54, 1.807) is 18.2 Å². The van der Waals surface area contributed by atoms with E-state index in [9.17, 15) is 9.59 Å². The fourth-order valence-corrected chi connectivity index (χ4v) is 3.00. The van der Waals surface area contributed by atoms with Crippen LogP contribution in [-0.2, 0) is 11.3 Å². The zero-order valence-electron chi connectivity index (χ0n) is 12.9. The van der Waals surface area contributed by atoms with Gasteiger partial charge in [-0.05, 0) is 37.5 Å². The van der Waals surface area contributed by atoms with Crippen LogP contribution in [0.5, 0.6) is 0 Å². The van der Waals surface area contributed by atoms with Gasteiger partial charge < -0.3 is 22.1 Å². The number of rotatable bonds is 4. The highest BCUT2D eigenvalue weighted by Crippen LogP contribution is 2.31. The first-order valence-corrected chi connectivity index (χ1v) is 7.60. The number of carbonyl (C=O) groups is 2. The molecular formula is C16H24N4O2. The monoisotopic (exact) mass is 304 g/mol. The molecule has 0 spiro atoms. The van der Waals surface area contributed by atoms with Crippen molar-refractivity contribution in [3.63, 3.8) is 0 Å². The van der Waals surface area contributed by atoms with Crippen LogP contribution in [0.2, 0.25) is 0 Å². The number of primary amides is 1. The first kappa shape index (κ1) is 16.3. The topological polar surface area (TPSA) is 110 Å². The zero-order valence-corrected chi connectivity index (χ0v) is 12.9. The van der Waals surface area contributed by atoms with Crippen molar-refractivity contribution in [2.45, 2.75) is 44.7 Å². The van der Waals surface area contributed by atoms with Gasteiger partial charge in [-0.25, -0.2) is 4.79 Å². The van der Waals surface area contributed by atoms with Gasteiger partial charge in [-0.2, -0.15) is 0 Å². The van der Waals surface area contributed by atoms with Gasteiger partial charge in [-0.1, -0.05) is 25.0 Å². The highest BCUT2D eigenvalue weighted by Gasteiger charge is 2.37. The second-order valence-electron chi connectivity index (χ2n) is 6.21. The van der Waals surface area contributed by atoms with E-state index in [-0.39, 0.29) is 11.8 Å². The van der Waals surface area contributed by atoms with Gasteiger partial charge in [0.2, 0.25) is 5.91 Å². The highest BCUT2D eigenvalue weighted by atomic mass is 16.2. The molecule has 2 rings (SSSR count). The van der Waals surface area contributed by atoms with Crippen molar-refractivity contribution in [3.05, 3.63) is 29.8 Å². The second-order valence-corrected chi connectivity index (χ2v) is 6.21. The fraction of sp³-hybridized carbons (Fsp3) is 0.500. The predicted molar refractivity (Wildman–Crippen MR) is 86.0 cm³/mol. The third-order valence-electron chi connectivity index (χ3n) is 4.23. The number of hydrogen-bond donors (Lipinski definition) is 4. The number of urea groups is 1. The molecular weight excluding hydrogens is 280 g/mol. The Labute approximate surface area is 130 Å². The molecule has 1 saturated carbocycles. The standard InChI is InChI=1S/C16H24N4O2/c1-16(18)8-3-2-7-13(16)14(21)19-10-11-5-4-6-12(9-11)20-15(17)22/h4-6,9,13H,2-3,7-8,10,18H2,1H3,(H,19,21)(H3,17,20,22). The molecule has 0 saturated heterocycles. The maximum absolute atomic E-state index is 12.4. The number of benzene rings is 1. The van der Waals surface area contributed by atoms with Gasteiger partial charge in [0.25, 0.3) is 0 Å². The summed E-state index contributed by atoms with van der Waals surface area (Å²) in [7, 11) is 0. The second kappa shape index (κ2) is 6.79. The van der Waals surface area contributed by atoms with Gasteiger partial charge in [-0.15, -0.1) is 0 Å². The van der Waals surface area contributed by atoms with Crippen molar-refractivity contribution in [1.29, 1.82) is 0 Å². The molecule has 2 atom stereocenters. The first-order chi connectivity index (χ1) is 10.4. The van der Waals surface area contributed by atoms with E-state index in [1.807, 2.05) is 13.0 Å². The maximum atomic E-state index is 12.4. The lowest BCUT2D eigenvalue weighted by molar-refractivity contribution is -0.128. The molecule has 2 unspecified atom stereocenters. The Morgan fingerprint density at radius 1 is 1.36 bits per heavy atom. The highest BCUT2D eigenvalue weighted by molar-refractivity contribution is 5.87. The molecule has 120 valence electrons. The fourth-order valence-electron chi connectivity index (χ4n) is 3.00. The molecule has 0 aliphatic heterocycles. The van der Waals surface area contributed by atoms with E-state index >= 15 is 0 Å². The quantitative estimate of drug-likeness (QED) is 0.679. The summed E-state index contributed by atoms with van der Waals surface area (Å²) in [5.74, 6) is -0.147. The summed E-state index contributed by atoms with van der Waals surface area (Å²) in [6.07, 6.45) is 3.84. The predicted octanol–water partition coefficient (Wildman–Crippen LogP) is 1.70. The van der Waals surface area contributed by atoms with Crippen LogP contribution in [-0.4, -0.2) is 17.5 Å². The van der Waals surface area contributed by atoms with Crippen LogP contribution in [0, 0.1) is 5.92 Å². The Hall–Kier alpha value is -2.08. The summed E-state index contributed by atoms with van der Waals surface area (Å²) in [6, 6.07) is 6.61. The van der Waals surface area contributed by atoms with Gasteiger partial charge in [0.15, 0.2) is 0 Å². The Balaban J connectivity index is 1.94. The summed E-state index contributed by atoms with van der Waals surface area (Å²) < 4.78 is 0. The van der Waals surface area contributed by atoms with Crippen molar-refractivity contribution >= 4 is 17.6 Å². The summed E-state index contributed by atoms with van der Waals surface area (Å²) in [5.41, 5.74) is 12.4. The van der Waals surface area contributed by atoms with E-state index in [0.717, 1.165) is 31.2 Å². The largest absolute Gasteiger partial charge is 0.352 e. The molecule has 1 fully saturated rings. The van der Waals surface area contributed by atoms with Gasteiger partial charge in [-0.3, -0.25) is 4.79 Å². The number of amides is 3. The Morgan fingerprint density at radius 2 is 2.14 bits per heavy atom. The van der Waals surface area contributed by atoms with E-state index in [1.165, 1.54) is 0 Å². The Bertz CT molecular complexity index is 557. The summed E-state index contributed by atoms with van der Waals surface area (Å²) in [5, 5.41) is 5.46. The number of carbonyl (C=O) groups excluding carboxylic acids is 2. The van der Waals surface area contributed by atoms with Crippen LogP contribution in [0.4, 0.5) is 10.5 Å². The summed E-state index contributed by atoms with van der Waals surface area (Å²) >= 11 is 0. The molecule has 1 aliphatic rings. The van der Waals surface area contributed by atoms with E-state index in [2.05, 4.69) is 10.6 Å². The zero-order chi connectivity index (χ0) is 16.2. The van der Waals surface area contributed by atoms with Crippen LogP contribution < -0.4 is 22.1 Å². The van der Waals surface area contributed by atoms with Gasteiger partial charge in [0, 0.05) is 17.8 Å². The lowest BCUT2D eigenvalue weighted by Gasteiger charge is -2.37. The molecule has 0 bridgehead atoms. The molecule has 6 nitrogen and oxygen atoms in total. The van der Waals surface area contributed by atoms with Crippen LogP contribution >= 0.6 is 0 Å². The lowest BCUT2D eigenvalue weighted by Crippen LogP contribution is -2.52. The third kappa shape index (κ3) is 4.21. The van der Waals surface area contributed by atoms with Crippen LogP contribution in [0.25, 0.3) is 0 Å². The molecule has 3 amide bonds. The average molecular weight is 304 g/mol.